The van der Waals surface area contributed by atoms with Gasteiger partial charge in [-0.3, -0.25) is 4.57 Å². The third kappa shape index (κ3) is 1.23. The molecule has 0 bridgehead atoms. The Hall–Kier alpha value is -0.320. The van der Waals surface area contributed by atoms with E-state index in [2.05, 4.69) is 5.92 Å². The maximum atomic E-state index is 12.7. The molecule has 0 spiro atoms. The average molecular weight is 162 g/mol. The van der Waals surface area contributed by atoms with Crippen LogP contribution in [0.1, 0.15) is 6.42 Å². The molecular weight excluding hydrogens is 154 g/mol. The molecule has 2 nitrogen and oxygen atoms in total. The summed E-state index contributed by atoms with van der Waals surface area (Å²) in [7, 11) is -3.02. The maximum Gasteiger partial charge on any atom is 0.234 e. The molecule has 3 atom stereocenters. The first-order valence-electron chi connectivity index (χ1n) is 2.92. The Bertz CT molecular complexity index is 220. The van der Waals surface area contributed by atoms with Gasteiger partial charge in [0.15, 0.2) is 5.91 Å². The van der Waals surface area contributed by atoms with E-state index in [0.29, 0.717) is 0 Å². The van der Waals surface area contributed by atoms with E-state index in [1.54, 1.807) is 0 Å². The molecule has 1 fully saturated rings. The van der Waals surface area contributed by atoms with Crippen molar-refractivity contribution in [1.82, 2.24) is 0 Å². The molecule has 56 valence electrons. The van der Waals surface area contributed by atoms with Gasteiger partial charge in [0.25, 0.3) is 0 Å². The third-order valence-corrected chi connectivity index (χ3v) is 3.34. The van der Waals surface area contributed by atoms with Gasteiger partial charge >= 0.3 is 0 Å². The van der Waals surface area contributed by atoms with Crippen molar-refractivity contribution < 1.29 is 13.5 Å². The van der Waals surface area contributed by atoms with Crippen molar-refractivity contribution in [3.8, 4) is 12.3 Å². The van der Waals surface area contributed by atoms with E-state index < -0.39 is 19.4 Å². The fraction of sp³-hybridized carbons (Fsp3) is 0.667. The van der Waals surface area contributed by atoms with Gasteiger partial charge in [-0.25, -0.2) is 4.39 Å². The molecule has 3 unspecified atom stereocenters. The summed E-state index contributed by atoms with van der Waals surface area (Å²) in [4.78, 5) is 0. The van der Waals surface area contributed by atoms with Crippen LogP contribution in [0.25, 0.3) is 0 Å². The van der Waals surface area contributed by atoms with Crippen molar-refractivity contribution in [3.63, 3.8) is 0 Å². The molecule has 1 aliphatic heterocycles. The molecule has 1 heterocycles. The van der Waals surface area contributed by atoms with Crippen molar-refractivity contribution in [2.24, 2.45) is 0 Å². The number of alkyl halides is 1. The van der Waals surface area contributed by atoms with Crippen LogP contribution < -0.4 is 0 Å². The SMILES string of the molecule is C#CC1CC(F)P(C)(=O)O1. The van der Waals surface area contributed by atoms with Crippen molar-refractivity contribution in [1.29, 1.82) is 0 Å². The lowest BCUT2D eigenvalue weighted by molar-refractivity contribution is 0.290. The topological polar surface area (TPSA) is 26.3 Å². The Balaban J connectivity index is 2.73. The molecule has 4 heteroatoms. The number of terminal acetylenes is 1. The van der Waals surface area contributed by atoms with Gasteiger partial charge in [0.2, 0.25) is 7.37 Å². The minimum Gasteiger partial charge on any atom is -0.310 e. The van der Waals surface area contributed by atoms with Gasteiger partial charge in [0.05, 0.1) is 0 Å². The minimum absolute atomic E-state index is 0.0737. The predicted molar refractivity (Wildman–Crippen MR) is 36.7 cm³/mol. The van der Waals surface area contributed by atoms with Gasteiger partial charge < -0.3 is 4.52 Å². The van der Waals surface area contributed by atoms with E-state index in [1.807, 2.05) is 0 Å². The standard InChI is InChI=1S/C6H8FO2P/c1-3-5-4-6(7)10(2,8)9-5/h1,5-6H,4H2,2H3. The van der Waals surface area contributed by atoms with Crippen molar-refractivity contribution in [2.75, 3.05) is 6.66 Å². The second-order valence-electron chi connectivity index (χ2n) is 2.34. The molecule has 0 aliphatic carbocycles. The zero-order valence-corrected chi connectivity index (χ0v) is 6.48. The monoisotopic (exact) mass is 162 g/mol. The Labute approximate surface area is 59.2 Å². The molecule has 0 saturated carbocycles. The summed E-state index contributed by atoms with van der Waals surface area (Å²) in [6.07, 6.45) is 4.44. The summed E-state index contributed by atoms with van der Waals surface area (Å²) < 4.78 is 28.4. The number of hydrogen-bond donors (Lipinski definition) is 0. The average Bonchev–Trinajstić information content (AvgIpc) is 2.08. The van der Waals surface area contributed by atoms with Crippen LogP contribution in [0.3, 0.4) is 0 Å². The highest BCUT2D eigenvalue weighted by atomic mass is 31.2. The van der Waals surface area contributed by atoms with E-state index >= 15 is 0 Å². The molecule has 1 aliphatic rings. The highest BCUT2D eigenvalue weighted by molar-refractivity contribution is 7.59. The van der Waals surface area contributed by atoms with Crippen LogP contribution >= 0.6 is 7.37 Å². The predicted octanol–water partition coefficient (Wildman–Crippen LogP) is 1.61. The highest BCUT2D eigenvalue weighted by Crippen LogP contribution is 2.57. The number of halogens is 1. The van der Waals surface area contributed by atoms with Gasteiger partial charge in [0, 0.05) is 13.1 Å². The lowest BCUT2D eigenvalue weighted by atomic mass is 10.3. The summed E-state index contributed by atoms with van der Waals surface area (Å²) in [5.41, 5.74) is 0. The van der Waals surface area contributed by atoms with E-state index in [-0.39, 0.29) is 6.42 Å². The quantitative estimate of drug-likeness (QED) is 0.399. The second-order valence-corrected chi connectivity index (χ2v) is 4.93. The summed E-state index contributed by atoms with van der Waals surface area (Å²) in [6.45, 7) is 1.27. The lowest BCUT2D eigenvalue weighted by Crippen LogP contribution is -1.99. The van der Waals surface area contributed by atoms with Crippen molar-refractivity contribution in [3.05, 3.63) is 0 Å². The Kier molecular flexibility index (Phi) is 1.85. The van der Waals surface area contributed by atoms with Gasteiger partial charge in [0.1, 0.15) is 6.10 Å². The van der Waals surface area contributed by atoms with E-state index in [1.165, 1.54) is 6.66 Å². The number of hydrogen-bond acceptors (Lipinski definition) is 2. The zero-order valence-electron chi connectivity index (χ0n) is 5.58. The van der Waals surface area contributed by atoms with E-state index in [9.17, 15) is 8.96 Å². The minimum atomic E-state index is -3.02. The molecular formula is C6H8FO2P. The molecule has 0 amide bonds. The van der Waals surface area contributed by atoms with Crippen LogP contribution in [0.2, 0.25) is 0 Å². The first-order chi connectivity index (χ1) is 4.56. The smallest absolute Gasteiger partial charge is 0.234 e. The van der Waals surface area contributed by atoms with Gasteiger partial charge in [-0.05, 0) is 0 Å². The third-order valence-electron chi connectivity index (χ3n) is 1.44. The van der Waals surface area contributed by atoms with Crippen LogP contribution in [-0.2, 0) is 9.09 Å². The molecule has 0 radical (unpaired) electrons. The van der Waals surface area contributed by atoms with E-state index in [4.69, 9.17) is 10.9 Å². The molecule has 0 aromatic carbocycles. The second kappa shape index (κ2) is 2.38. The fourth-order valence-corrected chi connectivity index (χ4v) is 2.19. The largest absolute Gasteiger partial charge is 0.310 e. The van der Waals surface area contributed by atoms with Crippen LogP contribution in [0.5, 0.6) is 0 Å². The summed E-state index contributed by atoms with van der Waals surface area (Å²) in [5, 5.41) is 0. The first kappa shape index (κ1) is 7.78. The molecule has 0 aromatic heterocycles. The molecule has 1 saturated heterocycles. The van der Waals surface area contributed by atoms with Gasteiger partial charge in [-0.1, -0.05) is 5.92 Å². The molecule has 0 N–H and O–H groups in total. The van der Waals surface area contributed by atoms with Crippen LogP contribution in [0.4, 0.5) is 4.39 Å². The van der Waals surface area contributed by atoms with Gasteiger partial charge in [-0.2, -0.15) is 0 Å². The molecule has 10 heavy (non-hydrogen) atoms. The molecule has 0 aromatic rings. The van der Waals surface area contributed by atoms with Crippen LogP contribution in [-0.4, -0.2) is 18.7 Å². The van der Waals surface area contributed by atoms with E-state index in [0.717, 1.165) is 0 Å². The van der Waals surface area contributed by atoms with Crippen molar-refractivity contribution in [2.45, 2.75) is 18.4 Å². The normalized spacial score (nSPS) is 46.9. The van der Waals surface area contributed by atoms with Crippen molar-refractivity contribution >= 4 is 7.37 Å². The number of rotatable bonds is 0. The summed E-state index contributed by atoms with van der Waals surface area (Å²) in [6, 6.07) is 0. The summed E-state index contributed by atoms with van der Waals surface area (Å²) in [5.74, 6) is 0.848. The fourth-order valence-electron chi connectivity index (χ4n) is 0.828. The van der Waals surface area contributed by atoms with Gasteiger partial charge in [-0.15, -0.1) is 6.42 Å². The van der Waals surface area contributed by atoms with Crippen LogP contribution in [0.15, 0.2) is 0 Å². The summed E-state index contributed by atoms with van der Waals surface area (Å²) >= 11 is 0. The lowest BCUT2D eigenvalue weighted by Gasteiger charge is -2.04. The first-order valence-corrected chi connectivity index (χ1v) is 5.06. The molecule has 1 rings (SSSR count). The Morgan fingerprint density at radius 1 is 1.90 bits per heavy atom. The zero-order chi connectivity index (χ0) is 7.78. The maximum absolute atomic E-state index is 12.7. The van der Waals surface area contributed by atoms with Crippen LogP contribution in [0, 0.1) is 12.3 Å². The Morgan fingerprint density at radius 2 is 2.50 bits per heavy atom. The highest BCUT2D eigenvalue weighted by Gasteiger charge is 2.40. The Morgan fingerprint density at radius 3 is 2.70 bits per heavy atom.